The van der Waals surface area contributed by atoms with Crippen LogP contribution in [0.1, 0.15) is 42.7 Å². The van der Waals surface area contributed by atoms with Crippen molar-refractivity contribution in [1.29, 1.82) is 0 Å². The Balaban J connectivity index is 2.10. The first-order valence-corrected chi connectivity index (χ1v) is 7.71. The molecule has 1 fully saturated rings. The second-order valence-corrected chi connectivity index (χ2v) is 5.71. The Morgan fingerprint density at radius 1 is 1.48 bits per heavy atom. The Morgan fingerprint density at radius 3 is 2.67 bits per heavy atom. The molecule has 0 spiro atoms. The van der Waals surface area contributed by atoms with Crippen LogP contribution < -0.4 is 5.32 Å². The van der Waals surface area contributed by atoms with Gasteiger partial charge in [0.25, 0.3) is 5.91 Å². The van der Waals surface area contributed by atoms with Crippen LogP contribution in [0.15, 0.2) is 12.1 Å². The summed E-state index contributed by atoms with van der Waals surface area (Å²) in [5.74, 6) is 1.11. The van der Waals surface area contributed by atoms with Crippen molar-refractivity contribution in [3.63, 3.8) is 0 Å². The van der Waals surface area contributed by atoms with Gasteiger partial charge in [-0.25, -0.2) is 4.98 Å². The van der Waals surface area contributed by atoms with E-state index in [0.29, 0.717) is 24.6 Å². The third-order valence-corrected chi connectivity index (χ3v) is 4.25. The summed E-state index contributed by atoms with van der Waals surface area (Å²) < 4.78 is 0. The molecular weight excluding hydrogens is 266 g/mol. The lowest BCUT2D eigenvalue weighted by atomic mass is 9.92. The molecule has 1 saturated heterocycles. The van der Waals surface area contributed by atoms with Gasteiger partial charge in [0.1, 0.15) is 5.82 Å². The van der Waals surface area contributed by atoms with Gasteiger partial charge in [-0.2, -0.15) is 0 Å². The number of aromatic nitrogens is 1. The number of nitrogens with one attached hydrogen (secondary N) is 1. The second kappa shape index (κ2) is 6.89. The third kappa shape index (κ3) is 3.73. The number of hydrogen-bond donors (Lipinski definition) is 2. The van der Waals surface area contributed by atoms with Crippen molar-refractivity contribution in [2.24, 2.45) is 5.92 Å². The number of aliphatic hydroxyl groups excluding tert-OH is 1. The quantitative estimate of drug-likeness (QED) is 0.889. The van der Waals surface area contributed by atoms with Crippen LogP contribution in [0.3, 0.4) is 0 Å². The average molecular weight is 291 g/mol. The van der Waals surface area contributed by atoms with Crippen molar-refractivity contribution >= 4 is 11.7 Å². The van der Waals surface area contributed by atoms with E-state index in [9.17, 15) is 9.90 Å². The predicted molar refractivity (Wildman–Crippen MR) is 83.5 cm³/mol. The predicted octanol–water partition coefficient (Wildman–Crippen LogP) is 1.92. The maximum Gasteiger partial charge on any atom is 0.254 e. The molecule has 1 aromatic rings. The summed E-state index contributed by atoms with van der Waals surface area (Å²) in [6, 6.07) is 3.69. The fourth-order valence-corrected chi connectivity index (χ4v) is 2.79. The van der Waals surface area contributed by atoms with Crippen molar-refractivity contribution in [3.8, 4) is 0 Å². The van der Waals surface area contributed by atoms with Crippen molar-refractivity contribution in [1.82, 2.24) is 9.88 Å². The largest absolute Gasteiger partial charge is 0.393 e. The topological polar surface area (TPSA) is 65.5 Å². The Kier molecular flexibility index (Phi) is 5.17. The highest BCUT2D eigenvalue weighted by Gasteiger charge is 2.26. The van der Waals surface area contributed by atoms with Gasteiger partial charge in [0.2, 0.25) is 0 Å². The van der Waals surface area contributed by atoms with Crippen LogP contribution >= 0.6 is 0 Å². The Hall–Kier alpha value is -1.62. The minimum absolute atomic E-state index is 0.0626. The monoisotopic (exact) mass is 291 g/mol. The zero-order valence-corrected chi connectivity index (χ0v) is 13.1. The second-order valence-electron chi connectivity index (χ2n) is 5.71. The van der Waals surface area contributed by atoms with Gasteiger partial charge >= 0.3 is 0 Å². The summed E-state index contributed by atoms with van der Waals surface area (Å²) in [4.78, 5) is 18.9. The first-order valence-electron chi connectivity index (χ1n) is 7.71. The maximum absolute atomic E-state index is 12.6. The zero-order chi connectivity index (χ0) is 15.4. The number of rotatable bonds is 4. The average Bonchev–Trinajstić information content (AvgIpc) is 2.53. The van der Waals surface area contributed by atoms with Crippen molar-refractivity contribution in [2.75, 3.05) is 25.5 Å². The molecule has 116 valence electrons. The molecule has 0 bridgehead atoms. The van der Waals surface area contributed by atoms with Gasteiger partial charge in [0, 0.05) is 31.4 Å². The maximum atomic E-state index is 12.6. The number of amides is 1. The van der Waals surface area contributed by atoms with Crippen LogP contribution in [0, 0.1) is 5.92 Å². The Bertz CT molecular complexity index is 472. The third-order valence-electron chi connectivity index (χ3n) is 4.25. The number of carbonyl (C=O) groups excluding carboxylic acids is 1. The van der Waals surface area contributed by atoms with Gasteiger partial charge in [-0.3, -0.25) is 4.79 Å². The minimum Gasteiger partial charge on any atom is -0.393 e. The summed E-state index contributed by atoms with van der Waals surface area (Å²) in [6.45, 7) is 5.29. The van der Waals surface area contributed by atoms with Crippen LogP contribution in [-0.4, -0.2) is 47.1 Å². The first kappa shape index (κ1) is 15.8. The number of aliphatic hydroxyl groups is 1. The van der Waals surface area contributed by atoms with Crippen molar-refractivity contribution < 1.29 is 9.90 Å². The fraction of sp³-hybridized carbons (Fsp3) is 0.625. The number of hydrogen-bond acceptors (Lipinski definition) is 4. The van der Waals surface area contributed by atoms with Crippen molar-refractivity contribution in [3.05, 3.63) is 23.4 Å². The molecule has 2 N–H and O–H groups in total. The molecule has 5 heteroatoms. The van der Waals surface area contributed by atoms with E-state index in [4.69, 9.17) is 0 Å². The zero-order valence-electron chi connectivity index (χ0n) is 13.1. The van der Waals surface area contributed by atoms with Gasteiger partial charge in [-0.05, 0) is 44.2 Å². The molecule has 1 amide bonds. The fourth-order valence-electron chi connectivity index (χ4n) is 2.79. The van der Waals surface area contributed by atoms with Gasteiger partial charge in [0.05, 0.1) is 6.10 Å². The van der Waals surface area contributed by atoms with Gasteiger partial charge < -0.3 is 15.3 Å². The van der Waals surface area contributed by atoms with Gasteiger partial charge in [0.15, 0.2) is 0 Å². The van der Waals surface area contributed by atoms with E-state index in [1.807, 2.05) is 37.9 Å². The van der Waals surface area contributed by atoms with E-state index in [2.05, 4.69) is 10.3 Å². The molecule has 5 nitrogen and oxygen atoms in total. The van der Waals surface area contributed by atoms with Crippen LogP contribution in [0.4, 0.5) is 5.82 Å². The molecule has 0 aromatic carbocycles. The number of piperidine rings is 1. The molecule has 1 aromatic heterocycles. The minimum atomic E-state index is -0.286. The van der Waals surface area contributed by atoms with Crippen LogP contribution in [0.25, 0.3) is 0 Å². The highest BCUT2D eigenvalue weighted by molar-refractivity contribution is 5.95. The van der Waals surface area contributed by atoms with E-state index in [-0.39, 0.29) is 12.0 Å². The molecule has 1 aliphatic heterocycles. The normalized spacial score (nSPS) is 17.6. The van der Waals surface area contributed by atoms with Crippen LogP contribution in [0.5, 0.6) is 0 Å². The molecule has 1 atom stereocenters. The van der Waals surface area contributed by atoms with E-state index in [1.54, 1.807) is 0 Å². The molecule has 2 heterocycles. The highest BCUT2D eigenvalue weighted by atomic mass is 16.3. The molecule has 2 rings (SSSR count). The lowest BCUT2D eigenvalue weighted by Gasteiger charge is -2.33. The standard InChI is InChI=1S/C16H25N3O2/c1-4-14-9-13(10-15(17-3)18-14)16(21)19-7-5-12(6-8-19)11(2)20/h9-12,20H,4-8H2,1-3H3,(H,17,18). The highest BCUT2D eigenvalue weighted by Crippen LogP contribution is 2.22. The van der Waals surface area contributed by atoms with Crippen LogP contribution in [-0.2, 0) is 6.42 Å². The van der Waals surface area contributed by atoms with Gasteiger partial charge in [-0.15, -0.1) is 0 Å². The van der Waals surface area contributed by atoms with Crippen molar-refractivity contribution in [2.45, 2.75) is 39.2 Å². The Morgan fingerprint density at radius 2 is 2.14 bits per heavy atom. The smallest absolute Gasteiger partial charge is 0.254 e. The number of nitrogens with zero attached hydrogens (tertiary/aromatic N) is 2. The van der Waals surface area contributed by atoms with E-state index < -0.39 is 0 Å². The summed E-state index contributed by atoms with van der Waals surface area (Å²) in [7, 11) is 1.81. The number of pyridine rings is 1. The number of anilines is 1. The van der Waals surface area contributed by atoms with E-state index in [1.165, 1.54) is 0 Å². The number of aryl methyl sites for hydroxylation is 1. The molecule has 0 radical (unpaired) electrons. The number of carbonyl (C=O) groups is 1. The molecule has 0 saturated carbocycles. The summed E-state index contributed by atoms with van der Waals surface area (Å²) in [5, 5.41) is 12.6. The molecule has 21 heavy (non-hydrogen) atoms. The van der Waals surface area contributed by atoms with E-state index >= 15 is 0 Å². The molecule has 0 aliphatic carbocycles. The molecular formula is C16H25N3O2. The Labute approximate surface area is 126 Å². The number of likely N-dealkylation sites (tertiary alicyclic amines) is 1. The lowest BCUT2D eigenvalue weighted by Crippen LogP contribution is -2.40. The molecule has 1 aliphatic rings. The summed E-state index contributed by atoms with van der Waals surface area (Å²) >= 11 is 0. The molecule has 1 unspecified atom stereocenters. The van der Waals surface area contributed by atoms with Gasteiger partial charge in [-0.1, -0.05) is 6.92 Å². The summed E-state index contributed by atoms with van der Waals surface area (Å²) in [5.41, 5.74) is 1.62. The summed E-state index contributed by atoms with van der Waals surface area (Å²) in [6.07, 6.45) is 2.26. The first-order chi connectivity index (χ1) is 10.0. The van der Waals surface area contributed by atoms with Crippen LogP contribution in [0.2, 0.25) is 0 Å². The lowest BCUT2D eigenvalue weighted by molar-refractivity contribution is 0.0521. The SMILES string of the molecule is CCc1cc(C(=O)N2CCC(C(C)O)CC2)cc(NC)n1. The van der Waals surface area contributed by atoms with E-state index in [0.717, 1.165) is 30.8 Å².